The summed E-state index contributed by atoms with van der Waals surface area (Å²) in [6.45, 7) is 6.02. The van der Waals surface area contributed by atoms with Crippen LogP contribution in [-0.2, 0) is 6.42 Å². The summed E-state index contributed by atoms with van der Waals surface area (Å²) in [6, 6.07) is 3.88. The van der Waals surface area contributed by atoms with Crippen LogP contribution in [0.25, 0.3) is 10.9 Å². The Hall–Kier alpha value is -2.01. The number of benzene rings is 1. The number of aromatic nitrogens is 1. The quantitative estimate of drug-likeness (QED) is 0.733. The highest BCUT2D eigenvalue weighted by molar-refractivity contribution is 6.06. The second-order valence-corrected chi connectivity index (χ2v) is 8.27. The lowest BCUT2D eigenvalue weighted by molar-refractivity contribution is -0.978. The molecule has 0 saturated carbocycles. The Kier molecular flexibility index (Phi) is 3.06. The third-order valence-electron chi connectivity index (χ3n) is 7.37. The highest BCUT2D eigenvalue weighted by Crippen LogP contribution is 2.53. The number of quaternary nitrogens is 1. The predicted molar refractivity (Wildman–Crippen MR) is 94.7 cm³/mol. The van der Waals surface area contributed by atoms with Crippen molar-refractivity contribution in [3.05, 3.63) is 29.0 Å². The summed E-state index contributed by atoms with van der Waals surface area (Å²) in [7, 11) is 0. The smallest absolute Gasteiger partial charge is 0.341 e. The molecule has 5 heterocycles. The molecule has 3 N–H and O–H groups in total. The number of aromatic amines is 1. The van der Waals surface area contributed by atoms with E-state index >= 15 is 0 Å². The first-order valence-corrected chi connectivity index (χ1v) is 9.49. The molecule has 5 nitrogen and oxygen atoms in total. The number of aromatic hydroxyl groups is 1. The molecule has 1 aromatic carbocycles. The van der Waals surface area contributed by atoms with Gasteiger partial charge >= 0.3 is 5.97 Å². The lowest BCUT2D eigenvalue weighted by Gasteiger charge is -2.59. The Morgan fingerprint density at radius 1 is 1.36 bits per heavy atom. The second kappa shape index (κ2) is 5.01. The molecule has 4 aliphatic heterocycles. The van der Waals surface area contributed by atoms with Gasteiger partial charge in [-0.3, -0.25) is 0 Å². The van der Waals surface area contributed by atoms with Crippen LogP contribution in [0.2, 0.25) is 0 Å². The number of phenols is 1. The molecule has 4 unspecified atom stereocenters. The van der Waals surface area contributed by atoms with Crippen molar-refractivity contribution in [2.45, 2.75) is 38.6 Å². The minimum Gasteiger partial charge on any atom is -0.507 e. The molecule has 6 rings (SSSR count). The van der Waals surface area contributed by atoms with Gasteiger partial charge in [-0.1, -0.05) is 6.92 Å². The number of nitrogens with one attached hydrogen (secondary N) is 1. The van der Waals surface area contributed by atoms with Crippen LogP contribution in [0.5, 0.6) is 5.75 Å². The zero-order valence-corrected chi connectivity index (χ0v) is 14.6. The molecule has 0 radical (unpaired) electrons. The number of H-pyrrole nitrogens is 1. The molecule has 4 atom stereocenters. The molecule has 5 heteroatoms. The monoisotopic (exact) mass is 341 g/mol. The molecule has 2 aromatic rings. The van der Waals surface area contributed by atoms with Crippen molar-refractivity contribution in [2.75, 3.05) is 19.6 Å². The van der Waals surface area contributed by atoms with Gasteiger partial charge in [-0.05, 0) is 30.0 Å². The molecule has 3 saturated heterocycles. The first kappa shape index (κ1) is 15.3. The van der Waals surface area contributed by atoms with E-state index in [-0.39, 0.29) is 11.3 Å². The summed E-state index contributed by atoms with van der Waals surface area (Å²) < 4.78 is 1.18. The van der Waals surface area contributed by atoms with Gasteiger partial charge in [0.1, 0.15) is 17.4 Å². The average molecular weight is 341 g/mol. The number of nitrogens with zero attached hydrogens (tertiary/aromatic N) is 1. The van der Waals surface area contributed by atoms with Crippen LogP contribution in [0.1, 0.15) is 53.8 Å². The molecule has 1 aromatic heterocycles. The van der Waals surface area contributed by atoms with Crippen molar-refractivity contribution in [2.24, 2.45) is 11.8 Å². The number of carbonyl (C=O) groups is 1. The predicted octanol–water partition coefficient (Wildman–Crippen LogP) is 3.44. The first-order chi connectivity index (χ1) is 12.0. The number of fused-ring (bicyclic) bond motifs is 5. The van der Waals surface area contributed by atoms with E-state index in [1.165, 1.54) is 54.2 Å². The standard InChI is InChI=1S/C20H24N2O3/c1-2-11-10-22-7-5-12(11)9-15(22)18-14(6-8-22)13-3-4-16(23)17(20(24)25)19(13)21-18/h3-4,11-12,15,21H,2,5-10H2,1H3,(H-,23,24,25)/p+1. The van der Waals surface area contributed by atoms with Gasteiger partial charge in [-0.15, -0.1) is 0 Å². The number of carboxylic acids is 1. The van der Waals surface area contributed by atoms with E-state index in [1.807, 2.05) is 6.07 Å². The molecule has 2 bridgehead atoms. The van der Waals surface area contributed by atoms with Gasteiger partial charge in [0.15, 0.2) is 0 Å². The van der Waals surface area contributed by atoms with Crippen molar-refractivity contribution in [3.63, 3.8) is 0 Å². The van der Waals surface area contributed by atoms with Crippen molar-refractivity contribution in [1.29, 1.82) is 0 Å². The summed E-state index contributed by atoms with van der Waals surface area (Å²) in [5.41, 5.74) is 3.15. The molecule has 3 fully saturated rings. The van der Waals surface area contributed by atoms with Crippen LogP contribution in [0.4, 0.5) is 0 Å². The maximum atomic E-state index is 11.7. The van der Waals surface area contributed by atoms with Gasteiger partial charge in [0, 0.05) is 30.6 Å². The number of rotatable bonds is 2. The Labute approximate surface area is 146 Å². The molecule has 132 valence electrons. The molecule has 0 amide bonds. The van der Waals surface area contributed by atoms with Gasteiger partial charge in [0.25, 0.3) is 0 Å². The van der Waals surface area contributed by atoms with E-state index < -0.39 is 5.97 Å². The molecular weight excluding hydrogens is 316 g/mol. The fourth-order valence-electron chi connectivity index (χ4n) is 6.12. The fraction of sp³-hybridized carbons (Fsp3) is 0.550. The van der Waals surface area contributed by atoms with Gasteiger partial charge in [0.05, 0.1) is 30.8 Å². The topological polar surface area (TPSA) is 73.3 Å². The van der Waals surface area contributed by atoms with Gasteiger partial charge in [0.2, 0.25) is 0 Å². The Morgan fingerprint density at radius 3 is 2.96 bits per heavy atom. The zero-order valence-electron chi connectivity index (χ0n) is 14.6. The van der Waals surface area contributed by atoms with Crippen LogP contribution in [-0.4, -0.2) is 45.3 Å². The fourth-order valence-corrected chi connectivity index (χ4v) is 6.12. The first-order valence-electron chi connectivity index (χ1n) is 9.49. The van der Waals surface area contributed by atoms with E-state index in [9.17, 15) is 15.0 Å². The molecule has 4 aliphatic rings. The lowest BCUT2D eigenvalue weighted by atomic mass is 9.70. The summed E-state index contributed by atoms with van der Waals surface area (Å²) in [6.07, 6.45) is 4.82. The summed E-state index contributed by atoms with van der Waals surface area (Å²) in [5, 5.41) is 20.6. The minimum absolute atomic E-state index is 0.0147. The van der Waals surface area contributed by atoms with Crippen LogP contribution >= 0.6 is 0 Å². The summed E-state index contributed by atoms with van der Waals surface area (Å²) in [5.74, 6) is 0.426. The minimum atomic E-state index is -1.07. The van der Waals surface area contributed by atoms with E-state index in [2.05, 4.69) is 11.9 Å². The van der Waals surface area contributed by atoms with Crippen LogP contribution < -0.4 is 0 Å². The largest absolute Gasteiger partial charge is 0.507 e. The Bertz CT molecular complexity index is 887. The Morgan fingerprint density at radius 2 is 2.20 bits per heavy atom. The third-order valence-corrected chi connectivity index (χ3v) is 7.37. The molecule has 1 spiro atoms. The lowest BCUT2D eigenvalue weighted by Crippen LogP contribution is -2.65. The highest BCUT2D eigenvalue weighted by Gasteiger charge is 2.54. The van der Waals surface area contributed by atoms with E-state index in [4.69, 9.17) is 0 Å². The number of hydrogen-bond donors (Lipinski definition) is 3. The van der Waals surface area contributed by atoms with E-state index in [1.54, 1.807) is 0 Å². The maximum Gasteiger partial charge on any atom is 0.341 e. The number of carboxylic acid groups (broad SMARTS) is 1. The number of hydrogen-bond acceptors (Lipinski definition) is 2. The van der Waals surface area contributed by atoms with Crippen molar-refractivity contribution in [3.8, 4) is 5.75 Å². The van der Waals surface area contributed by atoms with Gasteiger partial charge in [-0.25, -0.2) is 4.79 Å². The highest BCUT2D eigenvalue weighted by atomic mass is 16.4. The van der Waals surface area contributed by atoms with Crippen LogP contribution in [0, 0.1) is 11.8 Å². The maximum absolute atomic E-state index is 11.7. The summed E-state index contributed by atoms with van der Waals surface area (Å²) in [4.78, 5) is 15.1. The van der Waals surface area contributed by atoms with Crippen molar-refractivity contribution < 1.29 is 19.5 Å². The average Bonchev–Trinajstić information content (AvgIpc) is 2.99. The zero-order chi connectivity index (χ0) is 17.3. The number of aromatic carboxylic acids is 1. The third kappa shape index (κ3) is 1.90. The van der Waals surface area contributed by atoms with Crippen molar-refractivity contribution in [1.82, 2.24) is 4.98 Å². The van der Waals surface area contributed by atoms with Gasteiger partial charge < -0.3 is 19.7 Å². The SMILES string of the molecule is CCC1C[N+]23CCc4c([nH]c5c(C(=O)O)c(O)ccc45)C2CC1CC3. The Balaban J connectivity index is 1.68. The molecular formula is C20H25N2O3+. The van der Waals surface area contributed by atoms with Crippen molar-refractivity contribution >= 4 is 16.9 Å². The molecule has 0 aliphatic carbocycles. The van der Waals surface area contributed by atoms with Gasteiger partial charge in [-0.2, -0.15) is 0 Å². The van der Waals surface area contributed by atoms with E-state index in [0.717, 1.165) is 30.2 Å². The number of piperidine rings is 3. The van der Waals surface area contributed by atoms with E-state index in [0.29, 0.717) is 11.6 Å². The molecule has 25 heavy (non-hydrogen) atoms. The summed E-state index contributed by atoms with van der Waals surface area (Å²) >= 11 is 0. The second-order valence-electron chi connectivity index (χ2n) is 8.27. The van der Waals surface area contributed by atoms with Crippen LogP contribution in [0.3, 0.4) is 0 Å². The normalized spacial score (nSPS) is 33.2. The van der Waals surface area contributed by atoms with Crippen LogP contribution in [0.15, 0.2) is 12.1 Å².